The van der Waals surface area contributed by atoms with Crippen molar-refractivity contribution in [1.29, 1.82) is 0 Å². The quantitative estimate of drug-likeness (QED) is 0.800. The zero-order valence-electron chi connectivity index (χ0n) is 14.8. The zero-order valence-corrected chi connectivity index (χ0v) is 14.8. The highest BCUT2D eigenvalue weighted by Gasteiger charge is 2.28. The van der Waals surface area contributed by atoms with Crippen LogP contribution >= 0.6 is 0 Å². The highest BCUT2D eigenvalue weighted by molar-refractivity contribution is 5.88. The minimum absolute atomic E-state index is 0.0628. The number of amides is 2. The molecule has 0 saturated carbocycles. The second-order valence-corrected chi connectivity index (χ2v) is 6.46. The summed E-state index contributed by atoms with van der Waals surface area (Å²) >= 11 is 0. The Hall–Kier alpha value is -1.88. The van der Waals surface area contributed by atoms with Crippen molar-refractivity contribution in [2.75, 3.05) is 20.1 Å². The van der Waals surface area contributed by atoms with E-state index in [4.69, 9.17) is 0 Å². The minimum Gasteiger partial charge on any atom is -0.344 e. The molecule has 0 radical (unpaired) electrons. The molecule has 1 unspecified atom stereocenters. The maximum atomic E-state index is 12.8. The molecule has 5 heteroatoms. The Balaban J connectivity index is 1.90. The molecule has 0 aromatic heterocycles. The molecule has 1 aliphatic rings. The average molecular weight is 331 g/mol. The molecule has 132 valence electrons. The van der Waals surface area contributed by atoms with E-state index in [2.05, 4.69) is 10.6 Å². The molecule has 0 aliphatic carbocycles. The number of nitrogens with zero attached hydrogens (tertiary/aromatic N) is 1. The summed E-state index contributed by atoms with van der Waals surface area (Å²) < 4.78 is 0. The number of rotatable bonds is 7. The highest BCUT2D eigenvalue weighted by atomic mass is 16.2. The van der Waals surface area contributed by atoms with E-state index in [1.54, 1.807) is 0 Å². The van der Waals surface area contributed by atoms with Gasteiger partial charge in [0, 0.05) is 19.1 Å². The van der Waals surface area contributed by atoms with Crippen LogP contribution in [0.25, 0.3) is 0 Å². The Kier molecular flexibility index (Phi) is 7.25. The fraction of sp³-hybridized carbons (Fsp3) is 0.579. The van der Waals surface area contributed by atoms with E-state index >= 15 is 0 Å². The molecule has 0 spiro atoms. The van der Waals surface area contributed by atoms with Crippen LogP contribution in [0.3, 0.4) is 0 Å². The first-order valence-electron chi connectivity index (χ1n) is 8.93. The second kappa shape index (κ2) is 9.42. The van der Waals surface area contributed by atoms with Crippen LogP contribution in [-0.2, 0) is 16.0 Å². The molecule has 1 aliphatic heterocycles. The smallest absolute Gasteiger partial charge is 0.245 e. The minimum atomic E-state index is -0.405. The molecule has 2 amide bonds. The van der Waals surface area contributed by atoms with Crippen LogP contribution in [-0.4, -0.2) is 48.9 Å². The maximum absolute atomic E-state index is 12.8. The van der Waals surface area contributed by atoms with Crippen molar-refractivity contribution in [3.05, 3.63) is 35.9 Å². The lowest BCUT2D eigenvalue weighted by atomic mass is 10.0. The summed E-state index contributed by atoms with van der Waals surface area (Å²) in [5, 5.41) is 6.21. The molecule has 5 nitrogen and oxygen atoms in total. The van der Waals surface area contributed by atoms with Gasteiger partial charge in [0.15, 0.2) is 0 Å². The Morgan fingerprint density at radius 2 is 1.88 bits per heavy atom. The van der Waals surface area contributed by atoms with Crippen LogP contribution in [0.5, 0.6) is 0 Å². The van der Waals surface area contributed by atoms with Gasteiger partial charge in [-0.2, -0.15) is 0 Å². The summed E-state index contributed by atoms with van der Waals surface area (Å²) in [7, 11) is 1.96. The van der Waals surface area contributed by atoms with Crippen molar-refractivity contribution >= 4 is 11.8 Å². The molecule has 0 bridgehead atoms. The van der Waals surface area contributed by atoms with Gasteiger partial charge in [0.1, 0.15) is 6.04 Å². The van der Waals surface area contributed by atoms with Gasteiger partial charge in [-0.25, -0.2) is 0 Å². The summed E-state index contributed by atoms with van der Waals surface area (Å²) in [5.74, 6) is -0.0223. The van der Waals surface area contributed by atoms with Gasteiger partial charge in [0.2, 0.25) is 11.8 Å². The Morgan fingerprint density at radius 1 is 1.21 bits per heavy atom. The van der Waals surface area contributed by atoms with Gasteiger partial charge in [-0.05, 0) is 31.9 Å². The van der Waals surface area contributed by atoms with E-state index in [1.165, 1.54) is 0 Å². The summed E-state index contributed by atoms with van der Waals surface area (Å²) in [4.78, 5) is 27.0. The fourth-order valence-electron chi connectivity index (χ4n) is 3.18. The number of hydrogen-bond donors (Lipinski definition) is 2. The second-order valence-electron chi connectivity index (χ2n) is 6.46. The summed E-state index contributed by atoms with van der Waals surface area (Å²) in [6.45, 7) is 3.56. The molecule has 24 heavy (non-hydrogen) atoms. The lowest BCUT2D eigenvalue weighted by Gasteiger charge is -2.34. The molecule has 1 aromatic carbocycles. The van der Waals surface area contributed by atoms with Crippen molar-refractivity contribution in [1.82, 2.24) is 15.5 Å². The first kappa shape index (κ1) is 18.5. The van der Waals surface area contributed by atoms with E-state index in [-0.39, 0.29) is 11.8 Å². The molecule has 2 N–H and O–H groups in total. The first-order chi connectivity index (χ1) is 11.6. The SMILES string of the molecule is CCCC(NC(=O)Cc1ccccc1)C(=O)N1CCC(NC)CC1. The van der Waals surface area contributed by atoms with Crippen LogP contribution in [0, 0.1) is 0 Å². The van der Waals surface area contributed by atoms with E-state index in [0.717, 1.165) is 37.9 Å². The van der Waals surface area contributed by atoms with Crippen molar-refractivity contribution < 1.29 is 9.59 Å². The maximum Gasteiger partial charge on any atom is 0.245 e. The molecule has 1 atom stereocenters. The van der Waals surface area contributed by atoms with E-state index < -0.39 is 6.04 Å². The lowest BCUT2D eigenvalue weighted by molar-refractivity contribution is -0.137. The number of nitrogens with one attached hydrogen (secondary N) is 2. The molecule has 1 fully saturated rings. The van der Waals surface area contributed by atoms with Gasteiger partial charge < -0.3 is 15.5 Å². The third-order valence-electron chi connectivity index (χ3n) is 4.63. The lowest BCUT2D eigenvalue weighted by Crippen LogP contribution is -2.52. The number of carbonyl (C=O) groups excluding carboxylic acids is 2. The largest absolute Gasteiger partial charge is 0.344 e. The van der Waals surface area contributed by atoms with Crippen LogP contribution in [0.1, 0.15) is 38.2 Å². The summed E-state index contributed by atoms with van der Waals surface area (Å²) in [6, 6.07) is 9.72. The number of hydrogen-bond acceptors (Lipinski definition) is 3. The summed E-state index contributed by atoms with van der Waals surface area (Å²) in [6.07, 6.45) is 3.81. The zero-order chi connectivity index (χ0) is 17.4. The third-order valence-corrected chi connectivity index (χ3v) is 4.63. The fourth-order valence-corrected chi connectivity index (χ4v) is 3.18. The topological polar surface area (TPSA) is 61.4 Å². The van der Waals surface area contributed by atoms with Gasteiger partial charge >= 0.3 is 0 Å². The van der Waals surface area contributed by atoms with E-state index in [1.807, 2.05) is 49.2 Å². The summed E-state index contributed by atoms with van der Waals surface area (Å²) in [5.41, 5.74) is 0.965. The monoisotopic (exact) mass is 331 g/mol. The number of likely N-dealkylation sites (tertiary alicyclic amines) is 1. The number of benzene rings is 1. The van der Waals surface area contributed by atoms with Gasteiger partial charge in [-0.3, -0.25) is 9.59 Å². The van der Waals surface area contributed by atoms with E-state index in [9.17, 15) is 9.59 Å². The van der Waals surface area contributed by atoms with Gasteiger partial charge in [0.25, 0.3) is 0 Å². The Labute approximate surface area is 144 Å². The molecule has 1 aromatic rings. The molecular weight excluding hydrogens is 302 g/mol. The third kappa shape index (κ3) is 5.34. The predicted octanol–water partition coefficient (Wildman–Crippen LogP) is 1.72. The molecular formula is C19H29N3O2. The van der Waals surface area contributed by atoms with Crippen LogP contribution in [0.2, 0.25) is 0 Å². The Bertz CT molecular complexity index is 525. The van der Waals surface area contributed by atoms with Crippen LogP contribution < -0.4 is 10.6 Å². The van der Waals surface area contributed by atoms with Crippen molar-refractivity contribution in [2.24, 2.45) is 0 Å². The highest BCUT2D eigenvalue weighted by Crippen LogP contribution is 2.13. The average Bonchev–Trinajstić information content (AvgIpc) is 2.61. The van der Waals surface area contributed by atoms with E-state index in [0.29, 0.717) is 18.9 Å². The number of piperidine rings is 1. The standard InChI is InChI=1S/C19H29N3O2/c1-3-7-17(19(24)22-12-10-16(20-2)11-13-22)21-18(23)14-15-8-5-4-6-9-15/h4-6,8-9,16-17,20H,3,7,10-14H2,1-2H3,(H,21,23). The van der Waals surface area contributed by atoms with Crippen molar-refractivity contribution in [2.45, 2.75) is 51.1 Å². The van der Waals surface area contributed by atoms with Crippen LogP contribution in [0.15, 0.2) is 30.3 Å². The van der Waals surface area contributed by atoms with Gasteiger partial charge in [0.05, 0.1) is 6.42 Å². The Morgan fingerprint density at radius 3 is 2.46 bits per heavy atom. The molecule has 1 heterocycles. The molecule has 2 rings (SSSR count). The van der Waals surface area contributed by atoms with Crippen molar-refractivity contribution in [3.63, 3.8) is 0 Å². The first-order valence-corrected chi connectivity index (χ1v) is 8.93. The number of carbonyl (C=O) groups is 2. The normalized spacial score (nSPS) is 16.7. The van der Waals surface area contributed by atoms with Crippen molar-refractivity contribution in [3.8, 4) is 0 Å². The molecule has 1 saturated heterocycles. The van der Waals surface area contributed by atoms with Gasteiger partial charge in [-0.1, -0.05) is 43.7 Å². The van der Waals surface area contributed by atoms with Gasteiger partial charge in [-0.15, -0.1) is 0 Å². The predicted molar refractivity (Wildman–Crippen MR) is 95.6 cm³/mol. The van der Waals surface area contributed by atoms with Crippen LogP contribution in [0.4, 0.5) is 0 Å².